The van der Waals surface area contributed by atoms with Crippen molar-refractivity contribution in [1.82, 2.24) is 0 Å². The van der Waals surface area contributed by atoms with Gasteiger partial charge >= 0.3 is 0 Å². The number of hydrogen-bond acceptors (Lipinski definition) is 1. The predicted molar refractivity (Wildman–Crippen MR) is 42.0 cm³/mol. The van der Waals surface area contributed by atoms with Crippen LogP contribution in [0, 0.1) is 0 Å². The first-order valence-electron chi connectivity index (χ1n) is 3.38. The third-order valence-corrected chi connectivity index (χ3v) is 1.30. The van der Waals surface area contributed by atoms with Gasteiger partial charge in [0.15, 0.2) is 0 Å². The quantitative estimate of drug-likeness (QED) is 0.573. The van der Waals surface area contributed by atoms with Gasteiger partial charge in [-0.3, -0.25) is 0 Å². The highest BCUT2D eigenvalue weighted by molar-refractivity contribution is 5.13. The highest BCUT2D eigenvalue weighted by Crippen LogP contribution is 2.05. The zero-order valence-corrected chi connectivity index (χ0v) is 6.06. The molecular formula is C8H15N. The van der Waals surface area contributed by atoms with Crippen molar-refractivity contribution in [3.05, 3.63) is 24.4 Å². The molecule has 0 aliphatic heterocycles. The van der Waals surface area contributed by atoms with Crippen molar-refractivity contribution in [2.45, 2.75) is 26.2 Å². The van der Waals surface area contributed by atoms with E-state index in [9.17, 15) is 0 Å². The first-order chi connectivity index (χ1) is 4.35. The molecular weight excluding hydrogens is 110 g/mol. The SMILES string of the molecule is C=C/C(=C\N)CCCC. The fourth-order valence-electron chi connectivity index (χ4n) is 0.634. The molecule has 0 aliphatic rings. The van der Waals surface area contributed by atoms with E-state index in [4.69, 9.17) is 5.73 Å². The van der Waals surface area contributed by atoms with Crippen LogP contribution in [0.2, 0.25) is 0 Å². The maximum absolute atomic E-state index is 5.29. The summed E-state index contributed by atoms with van der Waals surface area (Å²) in [6.45, 7) is 5.80. The molecule has 52 valence electrons. The van der Waals surface area contributed by atoms with Crippen molar-refractivity contribution < 1.29 is 0 Å². The molecule has 0 saturated carbocycles. The molecule has 9 heavy (non-hydrogen) atoms. The maximum atomic E-state index is 5.29. The largest absolute Gasteiger partial charge is 0.404 e. The Kier molecular flexibility index (Phi) is 4.98. The first kappa shape index (κ1) is 8.28. The van der Waals surface area contributed by atoms with E-state index in [0.717, 1.165) is 12.0 Å². The van der Waals surface area contributed by atoms with Crippen LogP contribution >= 0.6 is 0 Å². The van der Waals surface area contributed by atoms with E-state index in [0.29, 0.717) is 0 Å². The molecule has 0 atom stereocenters. The molecule has 0 aromatic carbocycles. The summed E-state index contributed by atoms with van der Waals surface area (Å²) in [5.74, 6) is 0. The number of nitrogens with two attached hydrogens (primary N) is 1. The van der Waals surface area contributed by atoms with E-state index in [1.165, 1.54) is 12.8 Å². The summed E-state index contributed by atoms with van der Waals surface area (Å²) in [5, 5.41) is 0. The Labute approximate surface area is 57.3 Å². The van der Waals surface area contributed by atoms with Crippen molar-refractivity contribution in [3.8, 4) is 0 Å². The fourth-order valence-corrected chi connectivity index (χ4v) is 0.634. The van der Waals surface area contributed by atoms with Gasteiger partial charge in [0, 0.05) is 0 Å². The summed E-state index contributed by atoms with van der Waals surface area (Å²) in [5.41, 5.74) is 6.44. The molecule has 0 bridgehead atoms. The van der Waals surface area contributed by atoms with Gasteiger partial charge in [0.25, 0.3) is 0 Å². The second kappa shape index (κ2) is 5.42. The van der Waals surface area contributed by atoms with Crippen molar-refractivity contribution in [3.63, 3.8) is 0 Å². The molecule has 0 aromatic rings. The molecule has 0 saturated heterocycles. The van der Waals surface area contributed by atoms with E-state index < -0.39 is 0 Å². The van der Waals surface area contributed by atoms with Gasteiger partial charge in [-0.1, -0.05) is 26.0 Å². The molecule has 0 fully saturated rings. The summed E-state index contributed by atoms with van der Waals surface area (Å²) >= 11 is 0. The lowest BCUT2D eigenvalue weighted by molar-refractivity contribution is 0.796. The lowest BCUT2D eigenvalue weighted by atomic mass is 10.1. The van der Waals surface area contributed by atoms with Crippen LogP contribution in [0.4, 0.5) is 0 Å². The summed E-state index contributed by atoms with van der Waals surface area (Å²) in [4.78, 5) is 0. The van der Waals surface area contributed by atoms with Gasteiger partial charge in [-0.05, 0) is 24.6 Å². The van der Waals surface area contributed by atoms with Crippen LogP contribution in [0.5, 0.6) is 0 Å². The van der Waals surface area contributed by atoms with E-state index in [-0.39, 0.29) is 0 Å². The molecule has 0 heterocycles. The van der Waals surface area contributed by atoms with E-state index in [1.54, 1.807) is 6.20 Å². The predicted octanol–water partition coefficient (Wildman–Crippen LogP) is 2.21. The lowest BCUT2D eigenvalue weighted by Crippen LogP contribution is -1.85. The van der Waals surface area contributed by atoms with Gasteiger partial charge < -0.3 is 5.73 Å². The van der Waals surface area contributed by atoms with Crippen LogP contribution < -0.4 is 5.73 Å². The third kappa shape index (κ3) is 3.83. The highest BCUT2D eigenvalue weighted by Gasteiger charge is 1.87. The minimum atomic E-state index is 1.07. The third-order valence-electron chi connectivity index (χ3n) is 1.30. The minimum absolute atomic E-state index is 1.07. The Hall–Kier alpha value is -0.720. The standard InChI is InChI=1S/C8H15N/c1-3-5-6-8(4-2)7-9/h4,7H,2-3,5-6,9H2,1H3/b8-7+. The smallest absolute Gasteiger partial charge is 0.00299 e. The number of unbranched alkanes of at least 4 members (excludes halogenated alkanes) is 1. The van der Waals surface area contributed by atoms with Crippen LogP contribution in [0.15, 0.2) is 24.4 Å². The van der Waals surface area contributed by atoms with Crippen molar-refractivity contribution in [2.75, 3.05) is 0 Å². The van der Waals surface area contributed by atoms with Gasteiger partial charge in [0.2, 0.25) is 0 Å². The Morgan fingerprint density at radius 1 is 1.67 bits per heavy atom. The second-order valence-electron chi connectivity index (χ2n) is 2.05. The van der Waals surface area contributed by atoms with Crippen molar-refractivity contribution in [1.29, 1.82) is 0 Å². The molecule has 0 radical (unpaired) electrons. The summed E-state index contributed by atoms with van der Waals surface area (Å²) in [7, 11) is 0. The first-order valence-corrected chi connectivity index (χ1v) is 3.38. The Morgan fingerprint density at radius 3 is 2.67 bits per heavy atom. The van der Waals surface area contributed by atoms with Crippen molar-refractivity contribution >= 4 is 0 Å². The van der Waals surface area contributed by atoms with E-state index in [1.807, 2.05) is 6.08 Å². The average Bonchev–Trinajstić information content (AvgIpc) is 1.91. The average molecular weight is 125 g/mol. The monoisotopic (exact) mass is 125 g/mol. The molecule has 1 nitrogen and oxygen atoms in total. The minimum Gasteiger partial charge on any atom is -0.404 e. The molecule has 0 spiro atoms. The van der Waals surface area contributed by atoms with E-state index in [2.05, 4.69) is 13.5 Å². The molecule has 0 amide bonds. The number of allylic oxidation sites excluding steroid dienone is 2. The van der Waals surface area contributed by atoms with Gasteiger partial charge in [0.1, 0.15) is 0 Å². The molecule has 0 rings (SSSR count). The summed E-state index contributed by atoms with van der Waals surface area (Å²) < 4.78 is 0. The van der Waals surface area contributed by atoms with Gasteiger partial charge in [-0.25, -0.2) is 0 Å². The van der Waals surface area contributed by atoms with Crippen LogP contribution in [-0.4, -0.2) is 0 Å². The fraction of sp³-hybridized carbons (Fsp3) is 0.500. The van der Waals surface area contributed by atoms with Crippen LogP contribution in [0.3, 0.4) is 0 Å². The summed E-state index contributed by atoms with van der Waals surface area (Å²) in [6, 6.07) is 0. The second-order valence-corrected chi connectivity index (χ2v) is 2.05. The van der Waals surface area contributed by atoms with Gasteiger partial charge in [0.05, 0.1) is 0 Å². The Bertz CT molecular complexity index is 103. The molecule has 2 N–H and O–H groups in total. The van der Waals surface area contributed by atoms with E-state index >= 15 is 0 Å². The van der Waals surface area contributed by atoms with Crippen molar-refractivity contribution in [2.24, 2.45) is 5.73 Å². The highest BCUT2D eigenvalue weighted by atomic mass is 14.5. The zero-order chi connectivity index (χ0) is 7.11. The van der Waals surface area contributed by atoms with Gasteiger partial charge in [-0.2, -0.15) is 0 Å². The lowest BCUT2D eigenvalue weighted by Gasteiger charge is -1.96. The molecule has 0 aliphatic carbocycles. The normalized spacial score (nSPS) is 11.4. The molecule has 0 unspecified atom stereocenters. The van der Waals surface area contributed by atoms with Crippen LogP contribution in [-0.2, 0) is 0 Å². The molecule has 0 aromatic heterocycles. The Balaban J connectivity index is 3.45. The van der Waals surface area contributed by atoms with Crippen LogP contribution in [0.1, 0.15) is 26.2 Å². The number of hydrogen-bond donors (Lipinski definition) is 1. The maximum Gasteiger partial charge on any atom is -0.00299 e. The summed E-state index contributed by atoms with van der Waals surface area (Å²) in [6.07, 6.45) is 6.93. The van der Waals surface area contributed by atoms with Gasteiger partial charge in [-0.15, -0.1) is 0 Å². The number of rotatable bonds is 4. The topological polar surface area (TPSA) is 26.0 Å². The van der Waals surface area contributed by atoms with Crippen LogP contribution in [0.25, 0.3) is 0 Å². The zero-order valence-electron chi connectivity index (χ0n) is 6.06. The molecule has 1 heteroatoms. The Morgan fingerprint density at radius 2 is 2.33 bits per heavy atom.